The molecule has 1 aromatic carbocycles. The quantitative estimate of drug-likeness (QED) is 0.266. The lowest BCUT2D eigenvalue weighted by molar-refractivity contribution is -0.385. The topological polar surface area (TPSA) is 224 Å². The zero-order valence-corrected chi connectivity index (χ0v) is 12.3. The van der Waals surface area contributed by atoms with Gasteiger partial charge in [0.15, 0.2) is 11.4 Å². The van der Waals surface area contributed by atoms with Crippen molar-refractivity contribution in [3.05, 3.63) is 22.2 Å². The first-order valence-electron chi connectivity index (χ1n) is 4.76. The van der Waals surface area contributed by atoms with Gasteiger partial charge in [0.05, 0.1) is 24.2 Å². The average Bonchev–Trinajstić information content (AvgIpc) is 2.24. The van der Waals surface area contributed by atoms with Gasteiger partial charge in [-0.1, -0.05) is 0 Å². The second-order valence-electron chi connectivity index (χ2n) is 3.31. The summed E-state index contributed by atoms with van der Waals surface area (Å²) in [5.41, 5.74) is 3.00. The van der Waals surface area contributed by atoms with E-state index in [1.165, 1.54) is 7.11 Å². The maximum absolute atomic E-state index is 10.7. The van der Waals surface area contributed by atoms with E-state index in [0.717, 1.165) is 12.1 Å². The molecule has 22 heavy (non-hydrogen) atoms. The maximum atomic E-state index is 10.7. The fourth-order valence-electron chi connectivity index (χ4n) is 1.10. The van der Waals surface area contributed by atoms with Crippen molar-refractivity contribution in [1.29, 1.82) is 0 Å². The van der Waals surface area contributed by atoms with Gasteiger partial charge in [-0.15, -0.1) is 0 Å². The molecule has 1 aromatic rings. The van der Waals surface area contributed by atoms with Gasteiger partial charge >= 0.3 is 16.1 Å². The molecule has 0 saturated heterocycles. The molecule has 0 aliphatic heterocycles. The highest BCUT2D eigenvalue weighted by Gasteiger charge is 2.24. The van der Waals surface area contributed by atoms with Crippen molar-refractivity contribution in [2.75, 3.05) is 7.11 Å². The number of nitro benzene ring substituents is 1. The van der Waals surface area contributed by atoms with Crippen molar-refractivity contribution in [1.82, 2.24) is 0 Å². The first kappa shape index (κ1) is 20.0. The lowest BCUT2D eigenvalue weighted by Crippen LogP contribution is -2.40. The first-order valence-corrected chi connectivity index (χ1v) is 7.46. The molecule has 0 radical (unpaired) electrons. The summed E-state index contributed by atoms with van der Waals surface area (Å²) in [6.45, 7) is 0. The average molecular weight is 361 g/mol. The standard InChI is InChI=1S/C7H8N2O7S.H2O4S/c1-15-6-3-5(9(10)11)7(2-4(6)8)16-17(12,13)14;1-5(2,3)4/h2-3H,8H2,1H3,(H,12,13,14);(H2,1,2,3,4)/p-1. The number of benzene rings is 1. The largest absolute Gasteiger partial charge is 0.759 e. The van der Waals surface area contributed by atoms with Crippen molar-refractivity contribution in [2.24, 2.45) is 0 Å². The van der Waals surface area contributed by atoms with E-state index in [1.807, 2.05) is 0 Å². The summed E-state index contributed by atoms with van der Waals surface area (Å²) in [6.07, 6.45) is 0. The molecule has 1 rings (SSSR count). The molecular formula is C7H9N2O11S2-. The number of rotatable bonds is 4. The molecule has 0 fully saturated rings. The number of quaternary nitrogens is 1. The van der Waals surface area contributed by atoms with Crippen LogP contribution >= 0.6 is 0 Å². The Labute approximate surface area is 123 Å². The van der Waals surface area contributed by atoms with E-state index < -0.39 is 37.2 Å². The summed E-state index contributed by atoms with van der Waals surface area (Å²) in [7, 11) is -8.73. The van der Waals surface area contributed by atoms with Crippen molar-refractivity contribution < 1.29 is 50.1 Å². The fourth-order valence-corrected chi connectivity index (χ4v) is 1.46. The Balaban J connectivity index is 0.000000763. The number of nitrogens with zero attached hydrogens (tertiary/aromatic N) is 1. The lowest BCUT2D eigenvalue weighted by Gasteiger charge is -2.06. The monoisotopic (exact) mass is 361 g/mol. The molecule has 13 nitrogen and oxygen atoms in total. The van der Waals surface area contributed by atoms with E-state index in [4.69, 9.17) is 26.8 Å². The molecule has 0 atom stereocenters. The van der Waals surface area contributed by atoms with Crippen LogP contribution in [-0.2, 0) is 20.8 Å². The molecule has 4 N–H and O–H groups in total. The summed E-state index contributed by atoms with van der Waals surface area (Å²) >= 11 is 0. The van der Waals surface area contributed by atoms with E-state index in [0.29, 0.717) is 0 Å². The summed E-state index contributed by atoms with van der Waals surface area (Å²) in [5, 5.41) is 10.7. The second kappa shape index (κ2) is 7.29. The number of methoxy groups -OCH3 is 1. The van der Waals surface area contributed by atoms with Crippen LogP contribution in [0.3, 0.4) is 0 Å². The van der Waals surface area contributed by atoms with Crippen LogP contribution in [0.25, 0.3) is 0 Å². The zero-order chi connectivity index (χ0) is 17.7. The number of nitro groups is 1. The van der Waals surface area contributed by atoms with Crippen molar-refractivity contribution in [3.63, 3.8) is 0 Å². The number of hydrogen-bond acceptors (Lipinski definition) is 10. The van der Waals surface area contributed by atoms with Crippen LogP contribution in [0.4, 0.5) is 11.4 Å². The van der Waals surface area contributed by atoms with E-state index in [1.54, 1.807) is 0 Å². The van der Waals surface area contributed by atoms with Gasteiger partial charge in [0.1, 0.15) is 0 Å². The molecule has 0 spiro atoms. The molecule has 0 saturated carbocycles. The summed E-state index contributed by atoms with van der Waals surface area (Å²) in [5.74, 6) is -0.539. The maximum Gasteiger partial charge on any atom is 0.446 e. The van der Waals surface area contributed by atoms with Gasteiger partial charge in [-0.2, -0.15) is 8.42 Å². The molecule has 0 unspecified atom stereocenters. The van der Waals surface area contributed by atoms with Gasteiger partial charge in [-0.05, 0) is 0 Å². The van der Waals surface area contributed by atoms with Gasteiger partial charge < -0.3 is 23.8 Å². The van der Waals surface area contributed by atoms with Crippen molar-refractivity contribution in [3.8, 4) is 11.5 Å². The molecule has 0 bridgehead atoms. The fraction of sp³-hybridized carbons (Fsp3) is 0.143. The zero-order valence-electron chi connectivity index (χ0n) is 10.7. The predicted molar refractivity (Wildman–Crippen MR) is 64.8 cm³/mol. The van der Waals surface area contributed by atoms with E-state index >= 15 is 0 Å². The molecular weight excluding hydrogens is 352 g/mol. The van der Waals surface area contributed by atoms with Crippen LogP contribution in [0.5, 0.6) is 11.5 Å². The minimum absolute atomic E-state index is 0.0967. The Morgan fingerprint density at radius 3 is 1.95 bits per heavy atom. The Hall–Kier alpha value is -2.04. The van der Waals surface area contributed by atoms with Gasteiger partial charge in [0.2, 0.25) is 5.75 Å². The van der Waals surface area contributed by atoms with Crippen LogP contribution < -0.4 is 14.7 Å². The Morgan fingerprint density at radius 1 is 1.18 bits per heavy atom. The normalized spacial score (nSPS) is 11.1. The van der Waals surface area contributed by atoms with Crippen LogP contribution in [0, 0.1) is 10.1 Å². The first-order chi connectivity index (χ1) is 9.74. The second-order valence-corrected chi connectivity index (χ2v) is 5.15. The Bertz CT molecular complexity index is 747. The highest BCUT2D eigenvalue weighted by molar-refractivity contribution is 7.81. The van der Waals surface area contributed by atoms with Gasteiger partial charge in [0, 0.05) is 10.4 Å². The molecule has 0 heterocycles. The van der Waals surface area contributed by atoms with Crippen molar-refractivity contribution in [2.45, 2.75) is 0 Å². The molecule has 0 aromatic heterocycles. The third kappa shape index (κ3) is 8.29. The third-order valence-electron chi connectivity index (χ3n) is 1.75. The van der Waals surface area contributed by atoms with Crippen LogP contribution in [0.1, 0.15) is 0 Å². The van der Waals surface area contributed by atoms with Crippen LogP contribution in [-0.4, -0.2) is 42.5 Å². The summed E-state index contributed by atoms with van der Waals surface area (Å²) < 4.78 is 72.4. The van der Waals surface area contributed by atoms with Crippen LogP contribution in [0.2, 0.25) is 0 Å². The minimum atomic E-state index is -5.17. The Morgan fingerprint density at radius 2 is 1.64 bits per heavy atom. The van der Waals surface area contributed by atoms with Gasteiger partial charge in [0.25, 0.3) is 0 Å². The minimum Gasteiger partial charge on any atom is -0.759 e. The SMILES string of the molecule is COc1cc([N+](=O)[O-])c(OS(=O)(=O)O)cc1[NH3+].O=S(=O)([O-])[O-]. The lowest BCUT2D eigenvalue weighted by atomic mass is 10.2. The molecule has 126 valence electrons. The van der Waals surface area contributed by atoms with E-state index in [-0.39, 0.29) is 11.4 Å². The number of ether oxygens (including phenoxy) is 1. The van der Waals surface area contributed by atoms with Crippen molar-refractivity contribution >= 4 is 32.2 Å². The smallest absolute Gasteiger partial charge is 0.446 e. The molecule has 0 aliphatic carbocycles. The molecule has 15 heteroatoms. The van der Waals surface area contributed by atoms with Crippen LogP contribution in [0.15, 0.2) is 12.1 Å². The summed E-state index contributed by atoms with van der Waals surface area (Å²) in [4.78, 5) is 9.79. The van der Waals surface area contributed by atoms with Gasteiger partial charge in [-0.25, -0.2) is 0 Å². The van der Waals surface area contributed by atoms with E-state index in [2.05, 4.69) is 9.92 Å². The van der Waals surface area contributed by atoms with Gasteiger partial charge in [-0.3, -0.25) is 23.1 Å². The predicted octanol–water partition coefficient (Wildman–Crippen LogP) is -1.68. The number of hydrogen-bond donors (Lipinski definition) is 2. The third-order valence-corrected chi connectivity index (χ3v) is 2.14. The highest BCUT2D eigenvalue weighted by Crippen LogP contribution is 2.35. The highest BCUT2D eigenvalue weighted by atomic mass is 32.3. The Kier molecular flexibility index (Phi) is 6.62. The molecule has 0 aliphatic rings. The van der Waals surface area contributed by atoms with E-state index in [9.17, 15) is 18.5 Å². The molecule has 0 amide bonds. The summed E-state index contributed by atoms with van der Waals surface area (Å²) in [6, 6.07) is 1.92.